The molecule has 2 atom stereocenters. The van der Waals surface area contributed by atoms with E-state index < -0.39 is 0 Å². The van der Waals surface area contributed by atoms with E-state index in [0.717, 1.165) is 25.0 Å². The summed E-state index contributed by atoms with van der Waals surface area (Å²) in [6, 6.07) is 0. The fraction of sp³-hybridized carbons (Fsp3) is 0.786. The number of allylic oxidation sites excluding steroid dienone is 2. The lowest BCUT2D eigenvalue weighted by Crippen LogP contribution is -2.20. The lowest BCUT2D eigenvalue weighted by molar-refractivity contribution is -0.108. The Kier molecular flexibility index (Phi) is 2.52. The minimum atomic E-state index is 0.370. The van der Waals surface area contributed by atoms with Gasteiger partial charge in [0, 0.05) is 6.42 Å². The molecule has 2 rings (SSSR count). The van der Waals surface area contributed by atoms with E-state index in [0.29, 0.717) is 10.8 Å². The van der Waals surface area contributed by atoms with E-state index in [9.17, 15) is 4.79 Å². The SMILES string of the molecule is CC1=CC2(CCC=O)CC(C)(C)CC2C1. The highest BCUT2D eigenvalue weighted by molar-refractivity contribution is 5.49. The summed E-state index contributed by atoms with van der Waals surface area (Å²) in [5.41, 5.74) is 2.39. The Balaban J connectivity index is 2.20. The highest BCUT2D eigenvalue weighted by Crippen LogP contribution is 2.61. The molecule has 0 spiro atoms. The van der Waals surface area contributed by atoms with Crippen LogP contribution < -0.4 is 0 Å². The van der Waals surface area contributed by atoms with E-state index in [1.807, 2.05) is 0 Å². The Morgan fingerprint density at radius 1 is 1.53 bits per heavy atom. The van der Waals surface area contributed by atoms with Crippen molar-refractivity contribution in [3.05, 3.63) is 11.6 Å². The molecule has 0 aromatic carbocycles. The zero-order valence-corrected chi connectivity index (χ0v) is 10.2. The van der Waals surface area contributed by atoms with Crippen LogP contribution >= 0.6 is 0 Å². The van der Waals surface area contributed by atoms with Crippen molar-refractivity contribution in [3.8, 4) is 0 Å². The van der Waals surface area contributed by atoms with Gasteiger partial charge in [0.2, 0.25) is 0 Å². The van der Waals surface area contributed by atoms with Crippen molar-refractivity contribution >= 4 is 6.29 Å². The van der Waals surface area contributed by atoms with Gasteiger partial charge in [-0.2, -0.15) is 0 Å². The molecule has 0 amide bonds. The van der Waals surface area contributed by atoms with Gasteiger partial charge in [-0.1, -0.05) is 25.5 Å². The van der Waals surface area contributed by atoms with E-state index in [1.165, 1.54) is 19.3 Å². The van der Waals surface area contributed by atoms with Crippen LogP contribution in [0.25, 0.3) is 0 Å². The molecule has 1 nitrogen and oxygen atoms in total. The van der Waals surface area contributed by atoms with Crippen molar-refractivity contribution in [3.63, 3.8) is 0 Å². The number of hydrogen-bond acceptors (Lipinski definition) is 1. The molecule has 0 heterocycles. The third kappa shape index (κ3) is 1.89. The first-order chi connectivity index (χ1) is 6.97. The van der Waals surface area contributed by atoms with Crippen LogP contribution in [0.3, 0.4) is 0 Å². The van der Waals surface area contributed by atoms with Crippen LogP contribution in [0.15, 0.2) is 11.6 Å². The lowest BCUT2D eigenvalue weighted by atomic mass is 9.76. The molecule has 2 aliphatic rings. The molecule has 0 aliphatic heterocycles. The smallest absolute Gasteiger partial charge is 0.120 e. The second-order valence-electron chi connectivity index (χ2n) is 6.38. The van der Waals surface area contributed by atoms with Gasteiger partial charge in [0.15, 0.2) is 0 Å². The van der Waals surface area contributed by atoms with E-state index in [-0.39, 0.29) is 0 Å². The van der Waals surface area contributed by atoms with Crippen LogP contribution in [0, 0.1) is 16.7 Å². The van der Waals surface area contributed by atoms with E-state index in [1.54, 1.807) is 5.57 Å². The zero-order valence-electron chi connectivity index (χ0n) is 10.2. The molecule has 15 heavy (non-hydrogen) atoms. The summed E-state index contributed by atoms with van der Waals surface area (Å²) in [7, 11) is 0. The first-order valence-corrected chi connectivity index (χ1v) is 6.09. The third-order valence-electron chi connectivity index (χ3n) is 4.25. The summed E-state index contributed by atoms with van der Waals surface area (Å²) >= 11 is 0. The third-order valence-corrected chi connectivity index (χ3v) is 4.25. The molecule has 2 unspecified atom stereocenters. The lowest BCUT2D eigenvalue weighted by Gasteiger charge is -2.28. The average molecular weight is 206 g/mol. The first kappa shape index (κ1) is 10.9. The molecule has 0 radical (unpaired) electrons. The number of carbonyl (C=O) groups excluding carboxylic acids is 1. The molecular weight excluding hydrogens is 184 g/mol. The summed E-state index contributed by atoms with van der Waals surface area (Å²) in [6.07, 6.45) is 9.24. The van der Waals surface area contributed by atoms with Crippen LogP contribution in [0.1, 0.15) is 52.9 Å². The van der Waals surface area contributed by atoms with Crippen LogP contribution in [0.5, 0.6) is 0 Å². The molecule has 1 heteroatoms. The van der Waals surface area contributed by atoms with Gasteiger partial charge in [0.05, 0.1) is 0 Å². The van der Waals surface area contributed by atoms with Gasteiger partial charge in [-0.15, -0.1) is 0 Å². The maximum atomic E-state index is 10.6. The van der Waals surface area contributed by atoms with Gasteiger partial charge >= 0.3 is 0 Å². The van der Waals surface area contributed by atoms with Gasteiger partial charge < -0.3 is 4.79 Å². The van der Waals surface area contributed by atoms with Crippen molar-refractivity contribution < 1.29 is 4.79 Å². The fourth-order valence-corrected chi connectivity index (χ4v) is 4.05. The quantitative estimate of drug-likeness (QED) is 0.508. The van der Waals surface area contributed by atoms with E-state index >= 15 is 0 Å². The average Bonchev–Trinajstić information content (AvgIpc) is 2.49. The van der Waals surface area contributed by atoms with Gasteiger partial charge in [-0.25, -0.2) is 0 Å². The molecule has 0 bridgehead atoms. The number of rotatable bonds is 3. The highest BCUT2D eigenvalue weighted by Gasteiger charge is 2.50. The second kappa shape index (κ2) is 3.47. The molecule has 0 aromatic rings. The molecule has 1 fully saturated rings. The Bertz CT molecular complexity index is 300. The van der Waals surface area contributed by atoms with Crippen molar-refractivity contribution in [2.75, 3.05) is 0 Å². The Labute approximate surface area is 92.9 Å². The molecule has 84 valence electrons. The molecule has 0 aromatic heterocycles. The fourth-order valence-electron chi connectivity index (χ4n) is 4.05. The van der Waals surface area contributed by atoms with E-state index in [4.69, 9.17) is 0 Å². The van der Waals surface area contributed by atoms with Crippen molar-refractivity contribution in [2.24, 2.45) is 16.7 Å². The minimum Gasteiger partial charge on any atom is -0.303 e. The van der Waals surface area contributed by atoms with Crippen LogP contribution in [0.4, 0.5) is 0 Å². The highest BCUT2D eigenvalue weighted by atomic mass is 16.1. The number of aldehydes is 1. The predicted octanol–water partition coefficient (Wildman–Crippen LogP) is 3.74. The van der Waals surface area contributed by atoms with Crippen LogP contribution in [-0.2, 0) is 4.79 Å². The predicted molar refractivity (Wildman–Crippen MR) is 62.6 cm³/mol. The molecule has 1 saturated carbocycles. The first-order valence-electron chi connectivity index (χ1n) is 6.09. The summed E-state index contributed by atoms with van der Waals surface area (Å²) < 4.78 is 0. The Hall–Kier alpha value is -0.590. The molecule has 2 aliphatic carbocycles. The summed E-state index contributed by atoms with van der Waals surface area (Å²) in [6.45, 7) is 6.99. The topological polar surface area (TPSA) is 17.1 Å². The summed E-state index contributed by atoms with van der Waals surface area (Å²) in [4.78, 5) is 10.6. The summed E-state index contributed by atoms with van der Waals surface area (Å²) in [5.74, 6) is 0.812. The van der Waals surface area contributed by atoms with Gasteiger partial charge in [0.25, 0.3) is 0 Å². The van der Waals surface area contributed by atoms with Crippen molar-refractivity contribution in [1.82, 2.24) is 0 Å². The minimum absolute atomic E-state index is 0.370. The maximum Gasteiger partial charge on any atom is 0.120 e. The Morgan fingerprint density at radius 3 is 2.93 bits per heavy atom. The zero-order chi connectivity index (χ0) is 11.1. The van der Waals surface area contributed by atoms with Gasteiger partial charge in [0.1, 0.15) is 6.29 Å². The number of fused-ring (bicyclic) bond motifs is 1. The molecular formula is C14H22O. The van der Waals surface area contributed by atoms with Crippen molar-refractivity contribution in [2.45, 2.75) is 52.9 Å². The van der Waals surface area contributed by atoms with Crippen molar-refractivity contribution in [1.29, 1.82) is 0 Å². The number of hydrogen-bond donors (Lipinski definition) is 0. The normalized spacial score (nSPS) is 37.5. The monoisotopic (exact) mass is 206 g/mol. The van der Waals surface area contributed by atoms with Gasteiger partial charge in [-0.05, 0) is 49.4 Å². The van der Waals surface area contributed by atoms with Crippen LogP contribution in [0.2, 0.25) is 0 Å². The molecule has 0 saturated heterocycles. The second-order valence-corrected chi connectivity index (χ2v) is 6.38. The van der Waals surface area contributed by atoms with Gasteiger partial charge in [-0.3, -0.25) is 0 Å². The molecule has 0 N–H and O–H groups in total. The van der Waals surface area contributed by atoms with E-state index in [2.05, 4.69) is 26.8 Å². The standard InChI is InChI=1S/C14H22O/c1-11-7-12-9-13(2,3)10-14(12,8-11)5-4-6-15/h6,8,12H,4-5,7,9-10H2,1-3H3. The number of carbonyl (C=O) groups is 1. The maximum absolute atomic E-state index is 10.6. The summed E-state index contributed by atoms with van der Waals surface area (Å²) in [5, 5.41) is 0. The Morgan fingerprint density at radius 2 is 2.27 bits per heavy atom. The largest absolute Gasteiger partial charge is 0.303 e. The van der Waals surface area contributed by atoms with Crippen LogP contribution in [-0.4, -0.2) is 6.29 Å².